The lowest BCUT2D eigenvalue weighted by Gasteiger charge is -2.15. The zero-order valence-electron chi connectivity index (χ0n) is 14.4. The van der Waals surface area contributed by atoms with Crippen LogP contribution in [0.3, 0.4) is 0 Å². The maximum atomic E-state index is 12.7. The number of sulfonamides is 1. The van der Waals surface area contributed by atoms with Gasteiger partial charge in [-0.05, 0) is 42.3 Å². The molecule has 0 unspecified atom stereocenters. The minimum absolute atomic E-state index is 0.0960. The second-order valence-electron chi connectivity index (χ2n) is 5.53. The number of oxime groups is 1. The Hall–Kier alpha value is -1.78. The molecule has 0 heterocycles. The first-order valence-corrected chi connectivity index (χ1v) is 10.5. The Labute approximate surface area is 173 Å². The van der Waals surface area contributed by atoms with Gasteiger partial charge in [0, 0.05) is 15.1 Å². The topological polar surface area (TPSA) is 67.8 Å². The maximum Gasteiger partial charge on any atom is 0.516 e. The van der Waals surface area contributed by atoms with Crippen LogP contribution in [0, 0.1) is 0 Å². The molecule has 5 nitrogen and oxygen atoms in total. The molecule has 1 N–H and O–H groups in total. The molecule has 0 radical (unpaired) electrons. The summed E-state index contributed by atoms with van der Waals surface area (Å²) in [5, 5.41) is 4.16. The third kappa shape index (κ3) is 5.86. The van der Waals surface area contributed by atoms with E-state index in [1.807, 2.05) is 24.3 Å². The third-order valence-corrected chi connectivity index (χ3v) is 5.36. The number of benzene rings is 2. The minimum atomic E-state index is -5.59. The molecule has 11 heteroatoms. The van der Waals surface area contributed by atoms with Gasteiger partial charge in [0.2, 0.25) is 0 Å². The molecule has 28 heavy (non-hydrogen) atoms. The molecule has 2 aromatic rings. The van der Waals surface area contributed by atoms with Crippen LogP contribution in [0.25, 0.3) is 0 Å². The lowest BCUT2D eigenvalue weighted by molar-refractivity contribution is -0.0429. The summed E-state index contributed by atoms with van der Waals surface area (Å²) in [7, 11) is -5.59. The largest absolute Gasteiger partial charge is 0.516 e. The van der Waals surface area contributed by atoms with E-state index in [1.165, 1.54) is 16.9 Å². The summed E-state index contributed by atoms with van der Waals surface area (Å²) in [6.07, 6.45) is 0.265. The summed E-state index contributed by atoms with van der Waals surface area (Å²) in [5.74, 6) is 0. The first kappa shape index (κ1) is 22.5. The minimum Gasteiger partial charge on any atom is -0.391 e. The quantitative estimate of drug-likeness (QED) is 0.393. The highest BCUT2D eigenvalue weighted by atomic mass is 79.9. The highest BCUT2D eigenvalue weighted by molar-refractivity contribution is 9.10. The summed E-state index contributed by atoms with van der Waals surface area (Å²) < 4.78 is 63.4. The van der Waals surface area contributed by atoms with Gasteiger partial charge in [-0.3, -0.25) is 4.72 Å². The van der Waals surface area contributed by atoms with Crippen LogP contribution < -0.4 is 4.72 Å². The number of anilines is 1. The number of hydrogen-bond acceptors (Lipinski definition) is 4. The number of hydrogen-bond donors (Lipinski definition) is 1. The highest BCUT2D eigenvalue weighted by Gasteiger charge is 2.46. The van der Waals surface area contributed by atoms with Gasteiger partial charge in [-0.2, -0.15) is 21.6 Å². The maximum absolute atomic E-state index is 12.7. The lowest BCUT2D eigenvalue weighted by Crippen LogP contribution is -2.30. The van der Waals surface area contributed by atoms with Crippen LogP contribution in [-0.2, 0) is 21.5 Å². The second-order valence-corrected chi connectivity index (χ2v) is 8.56. The normalized spacial score (nSPS) is 12.7. The molecule has 0 saturated carbocycles. The van der Waals surface area contributed by atoms with Crippen molar-refractivity contribution in [3.63, 3.8) is 0 Å². The van der Waals surface area contributed by atoms with Crippen molar-refractivity contribution >= 4 is 49.0 Å². The monoisotopic (exact) mass is 498 g/mol. The Balaban J connectivity index is 2.29. The summed E-state index contributed by atoms with van der Waals surface area (Å²) >= 11 is 9.24. The van der Waals surface area contributed by atoms with Crippen molar-refractivity contribution in [1.82, 2.24) is 0 Å². The van der Waals surface area contributed by atoms with Gasteiger partial charge < -0.3 is 4.84 Å². The SMILES string of the molecule is CCC(=NOCc1ccc(Br)cc1)c1cc(Cl)ccc1NS(=O)(=O)C(F)(F)F. The third-order valence-electron chi connectivity index (χ3n) is 3.50. The molecule has 0 aliphatic rings. The van der Waals surface area contributed by atoms with Gasteiger partial charge in [0.25, 0.3) is 0 Å². The van der Waals surface area contributed by atoms with E-state index in [1.54, 1.807) is 6.92 Å². The van der Waals surface area contributed by atoms with Gasteiger partial charge in [0.05, 0.1) is 11.4 Å². The van der Waals surface area contributed by atoms with E-state index in [4.69, 9.17) is 16.4 Å². The average Bonchev–Trinajstić information content (AvgIpc) is 2.61. The Morgan fingerprint density at radius 2 is 1.86 bits per heavy atom. The molecule has 0 bridgehead atoms. The van der Waals surface area contributed by atoms with Gasteiger partial charge >= 0.3 is 15.5 Å². The fourth-order valence-electron chi connectivity index (χ4n) is 2.12. The van der Waals surface area contributed by atoms with E-state index in [-0.39, 0.29) is 35.0 Å². The molecule has 2 aromatic carbocycles. The van der Waals surface area contributed by atoms with Gasteiger partial charge in [0.15, 0.2) is 0 Å². The van der Waals surface area contributed by atoms with Crippen molar-refractivity contribution in [2.45, 2.75) is 25.5 Å². The fraction of sp³-hybridized carbons (Fsp3) is 0.235. The van der Waals surface area contributed by atoms with Crippen LogP contribution >= 0.6 is 27.5 Å². The van der Waals surface area contributed by atoms with E-state index in [2.05, 4.69) is 21.1 Å². The van der Waals surface area contributed by atoms with Gasteiger partial charge in [0.1, 0.15) is 6.61 Å². The summed E-state index contributed by atoms with van der Waals surface area (Å²) in [6.45, 7) is 1.83. The second kappa shape index (κ2) is 9.15. The molecular weight excluding hydrogens is 485 g/mol. The average molecular weight is 500 g/mol. The number of rotatable bonds is 7. The molecule has 0 aliphatic heterocycles. The molecule has 0 saturated heterocycles. The highest BCUT2D eigenvalue weighted by Crippen LogP contribution is 2.29. The van der Waals surface area contributed by atoms with E-state index >= 15 is 0 Å². The fourth-order valence-corrected chi connectivity index (χ4v) is 3.14. The van der Waals surface area contributed by atoms with Gasteiger partial charge in [-0.15, -0.1) is 0 Å². The number of nitrogens with one attached hydrogen (secondary N) is 1. The summed E-state index contributed by atoms with van der Waals surface area (Å²) in [5.41, 5.74) is -4.59. The van der Waals surface area contributed by atoms with Crippen molar-refractivity contribution in [2.24, 2.45) is 5.16 Å². The first-order chi connectivity index (χ1) is 13.0. The van der Waals surface area contributed by atoms with E-state index in [9.17, 15) is 21.6 Å². The zero-order chi connectivity index (χ0) is 20.9. The molecule has 152 valence electrons. The summed E-state index contributed by atoms with van der Waals surface area (Å²) in [4.78, 5) is 5.29. The van der Waals surface area contributed by atoms with Gasteiger partial charge in [-0.1, -0.05) is 51.7 Å². The van der Waals surface area contributed by atoms with Crippen LogP contribution in [0.4, 0.5) is 18.9 Å². The molecule has 0 spiro atoms. The molecule has 0 amide bonds. The smallest absolute Gasteiger partial charge is 0.391 e. The standard InChI is InChI=1S/C17H15BrClF3N2O3S/c1-2-15(23-27-10-11-3-5-12(18)6-4-11)14-9-13(19)7-8-16(14)24-28(25,26)17(20,21)22/h3-9,24H,2,10H2,1H3. The van der Waals surface area contributed by atoms with Crippen molar-refractivity contribution in [1.29, 1.82) is 0 Å². The van der Waals surface area contributed by atoms with E-state index < -0.39 is 15.5 Å². The van der Waals surface area contributed by atoms with E-state index in [0.717, 1.165) is 16.1 Å². The molecule has 0 fully saturated rings. The van der Waals surface area contributed by atoms with Crippen molar-refractivity contribution in [2.75, 3.05) is 4.72 Å². The predicted octanol–water partition coefficient (Wildman–Crippen LogP) is 5.69. The summed E-state index contributed by atoms with van der Waals surface area (Å²) in [6, 6.07) is 11.0. The van der Waals surface area contributed by atoms with Crippen molar-refractivity contribution < 1.29 is 26.4 Å². The Bertz CT molecular complexity index is 965. The molecule has 0 aromatic heterocycles. The number of alkyl halides is 3. The van der Waals surface area contributed by atoms with Crippen LogP contribution in [0.5, 0.6) is 0 Å². The first-order valence-electron chi connectivity index (χ1n) is 7.85. The van der Waals surface area contributed by atoms with Gasteiger partial charge in [-0.25, -0.2) is 0 Å². The van der Waals surface area contributed by atoms with Crippen LogP contribution in [-0.4, -0.2) is 19.6 Å². The van der Waals surface area contributed by atoms with Crippen molar-refractivity contribution in [3.05, 3.63) is 63.1 Å². The predicted molar refractivity (Wildman–Crippen MR) is 106 cm³/mol. The molecule has 0 aliphatic carbocycles. The molecule has 0 atom stereocenters. The number of nitrogens with zero attached hydrogens (tertiary/aromatic N) is 1. The molecular formula is C17H15BrClF3N2O3S. The van der Waals surface area contributed by atoms with Crippen LogP contribution in [0.15, 0.2) is 52.1 Å². The Morgan fingerprint density at radius 1 is 1.21 bits per heavy atom. The zero-order valence-corrected chi connectivity index (χ0v) is 17.6. The Kier molecular flexibility index (Phi) is 7.35. The van der Waals surface area contributed by atoms with Crippen LogP contribution in [0.2, 0.25) is 5.02 Å². The number of halogens is 5. The Morgan fingerprint density at radius 3 is 2.43 bits per heavy atom. The molecule has 2 rings (SSSR count). The van der Waals surface area contributed by atoms with Crippen LogP contribution in [0.1, 0.15) is 24.5 Å². The van der Waals surface area contributed by atoms with Crippen molar-refractivity contribution in [3.8, 4) is 0 Å². The van der Waals surface area contributed by atoms with E-state index in [0.29, 0.717) is 0 Å². The lowest BCUT2D eigenvalue weighted by atomic mass is 10.1.